The molecule has 3 aromatic rings. The second-order valence-corrected chi connectivity index (χ2v) is 7.46. The lowest BCUT2D eigenvalue weighted by atomic mass is 10.1. The van der Waals surface area contributed by atoms with Gasteiger partial charge in [0.2, 0.25) is 5.90 Å². The Morgan fingerprint density at radius 2 is 1.87 bits per heavy atom. The summed E-state index contributed by atoms with van der Waals surface area (Å²) >= 11 is 6.06. The van der Waals surface area contributed by atoms with Gasteiger partial charge < -0.3 is 14.2 Å². The van der Waals surface area contributed by atoms with Crippen molar-refractivity contribution in [3.05, 3.63) is 99.7 Å². The molecule has 0 amide bonds. The fourth-order valence-electron chi connectivity index (χ4n) is 3.16. The number of esters is 1. The van der Waals surface area contributed by atoms with Crippen molar-refractivity contribution in [2.24, 2.45) is 4.99 Å². The number of cyclic esters (lactones) is 1. The predicted octanol–water partition coefficient (Wildman–Crippen LogP) is 5.58. The van der Waals surface area contributed by atoms with Crippen LogP contribution in [0.1, 0.15) is 22.3 Å². The zero-order valence-corrected chi connectivity index (χ0v) is 17.8. The maximum Gasteiger partial charge on any atom is 0.363 e. The molecule has 0 aromatic heterocycles. The third-order valence-electron chi connectivity index (χ3n) is 4.68. The Bertz CT molecular complexity index is 1180. The largest absolute Gasteiger partial charge is 0.496 e. The fraction of sp³-hybridized carbons (Fsp3) is 0.120. The molecule has 5 nitrogen and oxygen atoms in total. The average Bonchev–Trinajstić information content (AvgIpc) is 3.13. The van der Waals surface area contributed by atoms with Gasteiger partial charge in [0.05, 0.1) is 12.7 Å². The highest BCUT2D eigenvalue weighted by molar-refractivity contribution is 6.31. The Morgan fingerprint density at radius 1 is 1.06 bits per heavy atom. The van der Waals surface area contributed by atoms with Crippen LogP contribution in [0.25, 0.3) is 6.08 Å². The van der Waals surface area contributed by atoms with Crippen LogP contribution in [0.2, 0.25) is 5.02 Å². The molecule has 1 aliphatic rings. The minimum atomic E-state index is -0.531. The summed E-state index contributed by atoms with van der Waals surface area (Å²) in [6.45, 7) is 2.54. The normalized spacial score (nSPS) is 14.4. The van der Waals surface area contributed by atoms with Gasteiger partial charge in [0.25, 0.3) is 0 Å². The van der Waals surface area contributed by atoms with E-state index in [1.165, 1.54) is 12.7 Å². The molecule has 0 bridgehead atoms. The highest BCUT2D eigenvalue weighted by Gasteiger charge is 2.26. The Balaban J connectivity index is 1.49. The topological polar surface area (TPSA) is 57.1 Å². The van der Waals surface area contributed by atoms with Crippen molar-refractivity contribution >= 4 is 29.5 Å². The number of benzene rings is 3. The number of nitrogens with zero attached hydrogens (tertiary/aromatic N) is 1. The number of aryl methyl sites for hydroxylation is 1. The summed E-state index contributed by atoms with van der Waals surface area (Å²) in [4.78, 5) is 16.6. The van der Waals surface area contributed by atoms with Gasteiger partial charge >= 0.3 is 5.97 Å². The average molecular weight is 434 g/mol. The number of carbonyl (C=O) groups excluding carboxylic acids is 1. The summed E-state index contributed by atoms with van der Waals surface area (Å²) in [6, 6.07) is 20.7. The van der Waals surface area contributed by atoms with E-state index in [1.807, 2.05) is 36.4 Å². The summed E-state index contributed by atoms with van der Waals surface area (Å²) < 4.78 is 16.5. The van der Waals surface area contributed by atoms with E-state index < -0.39 is 5.97 Å². The molecule has 0 saturated heterocycles. The minimum absolute atomic E-state index is 0.161. The van der Waals surface area contributed by atoms with Gasteiger partial charge in [0.1, 0.15) is 18.1 Å². The summed E-state index contributed by atoms with van der Waals surface area (Å²) in [7, 11) is 1.53. The van der Waals surface area contributed by atoms with Crippen molar-refractivity contribution in [3.8, 4) is 11.5 Å². The molecule has 0 saturated carbocycles. The van der Waals surface area contributed by atoms with Crippen LogP contribution in [0.3, 0.4) is 0 Å². The molecule has 4 rings (SSSR count). The number of ether oxygens (including phenoxy) is 3. The van der Waals surface area contributed by atoms with Crippen LogP contribution < -0.4 is 9.47 Å². The molecule has 0 aliphatic carbocycles. The van der Waals surface area contributed by atoms with E-state index in [4.69, 9.17) is 25.8 Å². The number of carbonyl (C=O) groups is 1. The quantitative estimate of drug-likeness (QED) is 0.376. The van der Waals surface area contributed by atoms with Gasteiger partial charge in [0.15, 0.2) is 5.70 Å². The number of hydrogen-bond acceptors (Lipinski definition) is 5. The predicted molar refractivity (Wildman–Crippen MR) is 121 cm³/mol. The second-order valence-electron chi connectivity index (χ2n) is 7.03. The second kappa shape index (κ2) is 9.06. The third-order valence-corrected chi connectivity index (χ3v) is 4.92. The fourth-order valence-corrected chi connectivity index (χ4v) is 3.33. The van der Waals surface area contributed by atoms with Gasteiger partial charge in [0, 0.05) is 5.02 Å². The summed E-state index contributed by atoms with van der Waals surface area (Å²) in [5.74, 6) is 0.892. The molecular formula is C25H20ClNO4. The summed E-state index contributed by atoms with van der Waals surface area (Å²) in [5.41, 5.74) is 3.83. The molecule has 1 heterocycles. The lowest BCUT2D eigenvalue weighted by molar-refractivity contribution is -0.129. The van der Waals surface area contributed by atoms with Crippen molar-refractivity contribution in [2.45, 2.75) is 13.5 Å². The zero-order chi connectivity index (χ0) is 21.8. The molecule has 0 fully saturated rings. The smallest absolute Gasteiger partial charge is 0.363 e. The molecule has 31 heavy (non-hydrogen) atoms. The molecule has 0 atom stereocenters. The van der Waals surface area contributed by atoms with Gasteiger partial charge in [-0.05, 0) is 54.5 Å². The standard InChI is InChI=1S/C25H20ClNO4/c1-16-4-3-5-18(12-16)15-30-20-9-6-17(7-10-20)13-22-25(28)31-24(27-22)21-14-19(26)8-11-23(21)29-2/h3-14H,15H2,1-2H3/b22-13-. The maximum atomic E-state index is 12.3. The molecular weight excluding hydrogens is 414 g/mol. The highest BCUT2D eigenvalue weighted by atomic mass is 35.5. The van der Waals surface area contributed by atoms with E-state index in [9.17, 15) is 4.79 Å². The van der Waals surface area contributed by atoms with Crippen LogP contribution in [0.5, 0.6) is 11.5 Å². The van der Waals surface area contributed by atoms with E-state index in [1.54, 1.807) is 24.3 Å². The molecule has 1 aliphatic heterocycles. The van der Waals surface area contributed by atoms with Gasteiger partial charge in [-0.25, -0.2) is 9.79 Å². The maximum absolute atomic E-state index is 12.3. The van der Waals surface area contributed by atoms with Crippen molar-refractivity contribution in [1.29, 1.82) is 0 Å². The Morgan fingerprint density at radius 3 is 2.61 bits per heavy atom. The van der Waals surface area contributed by atoms with Crippen molar-refractivity contribution in [3.63, 3.8) is 0 Å². The van der Waals surface area contributed by atoms with Crippen LogP contribution in [0.15, 0.2) is 77.4 Å². The van der Waals surface area contributed by atoms with Crippen LogP contribution in [-0.4, -0.2) is 19.0 Å². The Kier molecular flexibility index (Phi) is 6.05. The first kappa shape index (κ1) is 20.7. The number of rotatable bonds is 6. The number of halogens is 1. The van der Waals surface area contributed by atoms with Gasteiger partial charge in [-0.1, -0.05) is 53.6 Å². The molecule has 156 valence electrons. The summed E-state index contributed by atoms with van der Waals surface area (Å²) in [5, 5.41) is 0.494. The number of methoxy groups -OCH3 is 1. The summed E-state index contributed by atoms with van der Waals surface area (Å²) in [6.07, 6.45) is 1.66. The van der Waals surface area contributed by atoms with Crippen LogP contribution in [0, 0.1) is 6.92 Å². The zero-order valence-electron chi connectivity index (χ0n) is 17.1. The van der Waals surface area contributed by atoms with E-state index >= 15 is 0 Å². The molecule has 0 unspecified atom stereocenters. The van der Waals surface area contributed by atoms with Crippen LogP contribution in [0.4, 0.5) is 0 Å². The molecule has 0 spiro atoms. The first-order valence-corrected chi connectivity index (χ1v) is 10.0. The van der Waals surface area contributed by atoms with Crippen molar-refractivity contribution < 1.29 is 19.0 Å². The number of aliphatic imine (C=N–C) groups is 1. The molecule has 0 N–H and O–H groups in total. The van der Waals surface area contributed by atoms with E-state index in [0.29, 0.717) is 22.9 Å². The SMILES string of the molecule is COc1ccc(Cl)cc1C1=N/C(=C\c2ccc(OCc3cccc(C)c3)cc2)C(=O)O1. The first-order valence-electron chi connectivity index (χ1n) is 9.67. The van der Waals surface area contributed by atoms with Crippen LogP contribution >= 0.6 is 11.6 Å². The van der Waals surface area contributed by atoms with Gasteiger partial charge in [-0.3, -0.25) is 0 Å². The first-order chi connectivity index (χ1) is 15.0. The number of hydrogen-bond donors (Lipinski definition) is 0. The lowest BCUT2D eigenvalue weighted by Crippen LogP contribution is -2.07. The van der Waals surface area contributed by atoms with Crippen molar-refractivity contribution in [2.75, 3.05) is 7.11 Å². The van der Waals surface area contributed by atoms with E-state index in [-0.39, 0.29) is 11.6 Å². The molecule has 3 aromatic carbocycles. The van der Waals surface area contributed by atoms with Crippen molar-refractivity contribution in [1.82, 2.24) is 0 Å². The van der Waals surface area contributed by atoms with Gasteiger partial charge in [-0.15, -0.1) is 0 Å². The van der Waals surface area contributed by atoms with E-state index in [0.717, 1.165) is 16.9 Å². The van der Waals surface area contributed by atoms with Crippen LogP contribution in [-0.2, 0) is 16.1 Å². The minimum Gasteiger partial charge on any atom is -0.496 e. The Hall–Kier alpha value is -3.57. The monoisotopic (exact) mass is 433 g/mol. The molecule has 6 heteroatoms. The highest BCUT2D eigenvalue weighted by Crippen LogP contribution is 2.28. The Labute approximate surface area is 185 Å². The van der Waals surface area contributed by atoms with E-state index in [2.05, 4.69) is 24.0 Å². The third kappa shape index (κ3) is 4.95. The lowest BCUT2D eigenvalue weighted by Gasteiger charge is -2.07. The molecule has 0 radical (unpaired) electrons. The van der Waals surface area contributed by atoms with Gasteiger partial charge in [-0.2, -0.15) is 0 Å².